The van der Waals surface area contributed by atoms with E-state index in [2.05, 4.69) is 18.0 Å². The van der Waals surface area contributed by atoms with Gasteiger partial charge >= 0.3 is 0 Å². The van der Waals surface area contributed by atoms with Crippen LogP contribution in [0, 0.1) is 0 Å². The van der Waals surface area contributed by atoms with Crippen LogP contribution in [0.3, 0.4) is 0 Å². The van der Waals surface area contributed by atoms with Gasteiger partial charge in [-0.05, 0) is 39.4 Å². The SMILES string of the molecule is CCN(CC1=CCN(C)CC1)C(=O)[C@@H](C)Oc1ccccc1. The molecule has 0 fully saturated rings. The summed E-state index contributed by atoms with van der Waals surface area (Å²) in [5.41, 5.74) is 1.35. The van der Waals surface area contributed by atoms with Crippen molar-refractivity contribution in [3.8, 4) is 5.75 Å². The summed E-state index contributed by atoms with van der Waals surface area (Å²) < 4.78 is 5.75. The Kier molecular flexibility index (Phi) is 6.01. The summed E-state index contributed by atoms with van der Waals surface area (Å²) >= 11 is 0. The number of ether oxygens (including phenoxy) is 1. The van der Waals surface area contributed by atoms with Crippen molar-refractivity contribution in [2.24, 2.45) is 0 Å². The smallest absolute Gasteiger partial charge is 0.263 e. The average Bonchev–Trinajstić information content (AvgIpc) is 2.54. The van der Waals surface area contributed by atoms with Crippen LogP contribution in [0.5, 0.6) is 5.75 Å². The summed E-state index contributed by atoms with van der Waals surface area (Å²) in [6.07, 6.45) is 2.81. The molecule has 0 saturated heterocycles. The maximum Gasteiger partial charge on any atom is 0.263 e. The Labute approximate surface area is 133 Å². The molecule has 0 aromatic heterocycles. The van der Waals surface area contributed by atoms with Gasteiger partial charge in [-0.3, -0.25) is 4.79 Å². The Bertz CT molecular complexity index is 513. The van der Waals surface area contributed by atoms with Gasteiger partial charge in [-0.1, -0.05) is 29.8 Å². The van der Waals surface area contributed by atoms with Gasteiger partial charge in [0.1, 0.15) is 5.75 Å². The predicted octanol–water partition coefficient (Wildman–Crippen LogP) is 2.56. The zero-order chi connectivity index (χ0) is 15.9. The first-order chi connectivity index (χ1) is 10.6. The second-order valence-electron chi connectivity index (χ2n) is 5.80. The molecule has 0 unspecified atom stereocenters. The molecule has 1 amide bonds. The molecule has 0 spiro atoms. The third kappa shape index (κ3) is 4.60. The molecule has 1 aliphatic heterocycles. The Hall–Kier alpha value is -1.81. The van der Waals surface area contributed by atoms with Crippen molar-refractivity contribution in [2.75, 3.05) is 33.2 Å². The van der Waals surface area contributed by atoms with Crippen molar-refractivity contribution in [3.05, 3.63) is 42.0 Å². The first-order valence-corrected chi connectivity index (χ1v) is 7.97. The lowest BCUT2D eigenvalue weighted by Gasteiger charge is -2.29. The summed E-state index contributed by atoms with van der Waals surface area (Å²) in [5, 5.41) is 0. The van der Waals surface area contributed by atoms with E-state index in [9.17, 15) is 4.79 Å². The van der Waals surface area contributed by atoms with E-state index in [0.29, 0.717) is 13.1 Å². The van der Waals surface area contributed by atoms with Gasteiger partial charge in [0.2, 0.25) is 0 Å². The molecule has 4 heteroatoms. The molecule has 22 heavy (non-hydrogen) atoms. The second kappa shape index (κ2) is 7.99. The highest BCUT2D eigenvalue weighted by molar-refractivity contribution is 5.81. The minimum atomic E-state index is -0.464. The number of carbonyl (C=O) groups excluding carboxylic acids is 1. The van der Waals surface area contributed by atoms with Gasteiger partial charge in [-0.15, -0.1) is 0 Å². The fraction of sp³-hybridized carbons (Fsp3) is 0.500. The molecule has 1 heterocycles. The molecule has 1 aromatic carbocycles. The van der Waals surface area contributed by atoms with Crippen molar-refractivity contribution in [1.82, 2.24) is 9.80 Å². The molecule has 2 rings (SSSR count). The lowest BCUT2D eigenvalue weighted by Crippen LogP contribution is -2.42. The molecule has 1 atom stereocenters. The third-order valence-electron chi connectivity index (χ3n) is 4.00. The average molecular weight is 302 g/mol. The number of rotatable bonds is 6. The van der Waals surface area contributed by atoms with Gasteiger partial charge in [0, 0.05) is 26.2 Å². The maximum absolute atomic E-state index is 12.6. The molecule has 0 N–H and O–H groups in total. The maximum atomic E-state index is 12.6. The van der Waals surface area contributed by atoms with E-state index in [1.54, 1.807) is 0 Å². The number of nitrogens with zero attached hydrogens (tertiary/aromatic N) is 2. The Morgan fingerprint density at radius 3 is 2.68 bits per heavy atom. The van der Waals surface area contributed by atoms with E-state index in [1.807, 2.05) is 49.1 Å². The van der Waals surface area contributed by atoms with Gasteiger partial charge < -0.3 is 14.5 Å². The van der Waals surface area contributed by atoms with Gasteiger partial charge in [0.25, 0.3) is 5.91 Å². The molecule has 1 aliphatic rings. The lowest BCUT2D eigenvalue weighted by atomic mass is 10.1. The minimum absolute atomic E-state index is 0.0474. The Morgan fingerprint density at radius 2 is 2.09 bits per heavy atom. The lowest BCUT2D eigenvalue weighted by molar-refractivity contribution is -0.137. The zero-order valence-electron chi connectivity index (χ0n) is 13.8. The highest BCUT2D eigenvalue weighted by Gasteiger charge is 2.22. The first-order valence-electron chi connectivity index (χ1n) is 7.97. The molecular formula is C18H26N2O2. The summed E-state index contributed by atoms with van der Waals surface area (Å²) in [4.78, 5) is 16.7. The fourth-order valence-corrected chi connectivity index (χ4v) is 2.56. The van der Waals surface area contributed by atoms with Gasteiger partial charge in [-0.25, -0.2) is 0 Å². The quantitative estimate of drug-likeness (QED) is 0.757. The van der Waals surface area contributed by atoms with Crippen LogP contribution in [0.25, 0.3) is 0 Å². The van der Waals surface area contributed by atoms with Crippen LogP contribution in [-0.4, -0.2) is 55.0 Å². The van der Waals surface area contributed by atoms with Crippen LogP contribution >= 0.6 is 0 Å². The van der Waals surface area contributed by atoms with Crippen molar-refractivity contribution in [3.63, 3.8) is 0 Å². The number of carbonyl (C=O) groups is 1. The van der Waals surface area contributed by atoms with Crippen molar-refractivity contribution < 1.29 is 9.53 Å². The fourth-order valence-electron chi connectivity index (χ4n) is 2.56. The standard InChI is InChI=1S/C18H26N2O2/c1-4-20(14-16-10-12-19(3)13-11-16)18(21)15(2)22-17-8-6-5-7-9-17/h5-10,15H,4,11-14H2,1-3H3/t15-/m1/s1. The van der Waals surface area contributed by atoms with E-state index in [0.717, 1.165) is 25.3 Å². The molecule has 0 bridgehead atoms. The summed E-state index contributed by atoms with van der Waals surface area (Å²) in [6.45, 7) is 7.29. The second-order valence-corrected chi connectivity index (χ2v) is 5.80. The zero-order valence-corrected chi connectivity index (χ0v) is 13.8. The van der Waals surface area contributed by atoms with E-state index in [4.69, 9.17) is 4.74 Å². The highest BCUT2D eigenvalue weighted by Crippen LogP contribution is 2.15. The number of hydrogen-bond acceptors (Lipinski definition) is 3. The minimum Gasteiger partial charge on any atom is -0.481 e. The van der Waals surface area contributed by atoms with Crippen LogP contribution in [0.1, 0.15) is 20.3 Å². The summed E-state index contributed by atoms with van der Waals surface area (Å²) in [5.74, 6) is 0.782. The number of benzene rings is 1. The topological polar surface area (TPSA) is 32.8 Å². The van der Waals surface area contributed by atoms with E-state index in [1.165, 1.54) is 5.57 Å². The van der Waals surface area contributed by atoms with Gasteiger partial charge in [0.05, 0.1) is 0 Å². The number of para-hydroxylation sites is 1. The van der Waals surface area contributed by atoms with Crippen molar-refractivity contribution in [2.45, 2.75) is 26.4 Å². The van der Waals surface area contributed by atoms with Gasteiger partial charge in [0.15, 0.2) is 6.10 Å². The van der Waals surface area contributed by atoms with Crippen LogP contribution in [0.15, 0.2) is 42.0 Å². The molecule has 0 radical (unpaired) electrons. The van der Waals surface area contributed by atoms with E-state index >= 15 is 0 Å². The molecule has 4 nitrogen and oxygen atoms in total. The Morgan fingerprint density at radius 1 is 1.36 bits per heavy atom. The molecule has 120 valence electrons. The predicted molar refractivity (Wildman–Crippen MR) is 89.0 cm³/mol. The first kappa shape index (κ1) is 16.6. The van der Waals surface area contributed by atoms with Crippen LogP contribution in [0.4, 0.5) is 0 Å². The normalized spacial score (nSPS) is 16.8. The monoisotopic (exact) mass is 302 g/mol. The molecule has 0 aliphatic carbocycles. The molecule has 1 aromatic rings. The molecular weight excluding hydrogens is 276 g/mol. The largest absolute Gasteiger partial charge is 0.481 e. The van der Waals surface area contributed by atoms with Gasteiger partial charge in [-0.2, -0.15) is 0 Å². The molecule has 0 saturated carbocycles. The van der Waals surface area contributed by atoms with Crippen molar-refractivity contribution in [1.29, 1.82) is 0 Å². The number of likely N-dealkylation sites (N-methyl/N-ethyl adjacent to an activating group) is 2. The van der Waals surface area contributed by atoms with E-state index in [-0.39, 0.29) is 5.91 Å². The Balaban J connectivity index is 1.93. The van der Waals surface area contributed by atoms with Crippen LogP contribution in [-0.2, 0) is 4.79 Å². The third-order valence-corrected chi connectivity index (χ3v) is 4.00. The van der Waals surface area contributed by atoms with E-state index < -0.39 is 6.10 Å². The van der Waals surface area contributed by atoms with Crippen LogP contribution < -0.4 is 4.74 Å². The number of amides is 1. The summed E-state index contributed by atoms with van der Waals surface area (Å²) in [6, 6.07) is 9.50. The number of hydrogen-bond donors (Lipinski definition) is 0. The highest BCUT2D eigenvalue weighted by atomic mass is 16.5. The van der Waals surface area contributed by atoms with Crippen LogP contribution in [0.2, 0.25) is 0 Å². The summed E-state index contributed by atoms with van der Waals surface area (Å²) in [7, 11) is 2.12. The van der Waals surface area contributed by atoms with Crippen molar-refractivity contribution >= 4 is 5.91 Å².